The molecule has 212 valence electrons. The highest BCUT2D eigenvalue weighted by molar-refractivity contribution is 7.17. The summed E-state index contributed by atoms with van der Waals surface area (Å²) in [7, 11) is 0. The quantitative estimate of drug-likeness (QED) is 0.268. The van der Waals surface area contributed by atoms with Crippen molar-refractivity contribution >= 4 is 45.8 Å². The van der Waals surface area contributed by atoms with Gasteiger partial charge in [-0.15, -0.1) is 5.10 Å². The molecule has 0 bridgehead atoms. The van der Waals surface area contributed by atoms with Crippen molar-refractivity contribution in [3.8, 4) is 22.1 Å². The van der Waals surface area contributed by atoms with Gasteiger partial charge in [-0.2, -0.15) is 0 Å². The summed E-state index contributed by atoms with van der Waals surface area (Å²) in [6.45, 7) is 8.20. The maximum atomic E-state index is 13.4. The Labute approximate surface area is 246 Å². The van der Waals surface area contributed by atoms with Crippen LogP contribution >= 0.6 is 22.9 Å². The van der Waals surface area contributed by atoms with E-state index >= 15 is 0 Å². The molecule has 0 saturated heterocycles. The standard InChI is InChI=1S/C29H28ClN5O5S/c1-17-14-21(20-6-5-7-23-24(20)38-13-12-35(23)28(37)40-29(2,3)4)22(15-31-17)25(36)32-26-33-34-27(41-26)39-16-18-8-10-19(30)11-9-18/h5-11,14-15H,12-13,16H2,1-4H3,(H,32,33,36). The molecular weight excluding hydrogens is 566 g/mol. The first kappa shape index (κ1) is 28.3. The van der Waals surface area contributed by atoms with Gasteiger partial charge in [-0.3, -0.25) is 20.0 Å². The van der Waals surface area contributed by atoms with Crippen molar-refractivity contribution in [2.24, 2.45) is 0 Å². The smallest absolute Gasteiger partial charge is 0.415 e. The van der Waals surface area contributed by atoms with E-state index in [0.717, 1.165) is 16.9 Å². The van der Waals surface area contributed by atoms with Crippen molar-refractivity contribution in [1.29, 1.82) is 0 Å². The Bertz CT molecular complexity index is 1590. The Morgan fingerprint density at radius 1 is 1.12 bits per heavy atom. The molecule has 12 heteroatoms. The number of fused-ring (bicyclic) bond motifs is 1. The zero-order chi connectivity index (χ0) is 29.1. The molecule has 2 aromatic heterocycles. The summed E-state index contributed by atoms with van der Waals surface area (Å²) in [5.41, 5.74) is 3.10. The molecule has 0 atom stereocenters. The van der Waals surface area contributed by atoms with E-state index in [9.17, 15) is 9.59 Å². The molecule has 0 spiro atoms. The molecule has 2 amide bonds. The number of ether oxygens (including phenoxy) is 3. The Balaban J connectivity index is 1.38. The second kappa shape index (κ2) is 11.7. The topological polar surface area (TPSA) is 116 Å². The van der Waals surface area contributed by atoms with Crippen LogP contribution < -0.4 is 19.7 Å². The molecular formula is C29H28ClN5O5S. The Kier molecular flexibility index (Phi) is 8.09. The molecule has 41 heavy (non-hydrogen) atoms. The zero-order valence-corrected chi connectivity index (χ0v) is 24.5. The van der Waals surface area contributed by atoms with Crippen molar-refractivity contribution in [2.45, 2.75) is 39.9 Å². The number of aryl methyl sites for hydroxylation is 1. The molecule has 0 fully saturated rings. The third kappa shape index (κ3) is 6.75. The van der Waals surface area contributed by atoms with E-state index in [2.05, 4.69) is 20.5 Å². The monoisotopic (exact) mass is 593 g/mol. The van der Waals surface area contributed by atoms with Crippen molar-refractivity contribution in [1.82, 2.24) is 15.2 Å². The number of amides is 2. The van der Waals surface area contributed by atoms with Gasteiger partial charge in [-0.25, -0.2) is 4.79 Å². The Morgan fingerprint density at radius 2 is 1.90 bits per heavy atom. The minimum atomic E-state index is -0.647. The van der Waals surface area contributed by atoms with Crippen molar-refractivity contribution in [3.05, 3.63) is 76.6 Å². The van der Waals surface area contributed by atoms with E-state index < -0.39 is 17.6 Å². The molecule has 4 aromatic rings. The highest BCUT2D eigenvalue weighted by Crippen LogP contribution is 2.42. The van der Waals surface area contributed by atoms with Crippen molar-refractivity contribution in [3.63, 3.8) is 0 Å². The molecule has 2 aromatic carbocycles. The van der Waals surface area contributed by atoms with Gasteiger partial charge in [0, 0.05) is 28.0 Å². The van der Waals surface area contributed by atoms with E-state index in [-0.39, 0.29) is 18.3 Å². The molecule has 1 aliphatic heterocycles. The lowest BCUT2D eigenvalue weighted by molar-refractivity contribution is 0.0567. The number of para-hydroxylation sites is 1. The fraction of sp³-hybridized carbons (Fsp3) is 0.276. The average Bonchev–Trinajstić information content (AvgIpc) is 3.38. The Hall–Kier alpha value is -4.22. The van der Waals surface area contributed by atoms with Gasteiger partial charge in [0.15, 0.2) is 5.75 Å². The van der Waals surface area contributed by atoms with Gasteiger partial charge in [0.2, 0.25) is 5.13 Å². The molecule has 0 saturated carbocycles. The van der Waals surface area contributed by atoms with Gasteiger partial charge in [0.05, 0.1) is 17.8 Å². The van der Waals surface area contributed by atoms with Crippen LogP contribution in [0.1, 0.15) is 42.4 Å². The molecule has 5 rings (SSSR count). The fourth-order valence-corrected chi connectivity index (χ4v) is 4.86. The highest BCUT2D eigenvalue weighted by Gasteiger charge is 2.30. The predicted molar refractivity (Wildman–Crippen MR) is 157 cm³/mol. The summed E-state index contributed by atoms with van der Waals surface area (Å²) < 4.78 is 17.4. The van der Waals surface area contributed by atoms with Crippen LogP contribution in [0.15, 0.2) is 54.7 Å². The van der Waals surface area contributed by atoms with E-state index in [0.29, 0.717) is 50.6 Å². The molecule has 0 aliphatic carbocycles. The maximum absolute atomic E-state index is 13.4. The van der Waals surface area contributed by atoms with Gasteiger partial charge >= 0.3 is 6.09 Å². The molecule has 10 nitrogen and oxygen atoms in total. The minimum absolute atomic E-state index is 0.273. The lowest BCUT2D eigenvalue weighted by Gasteiger charge is -2.32. The first-order chi connectivity index (χ1) is 19.6. The Morgan fingerprint density at radius 3 is 2.66 bits per heavy atom. The van der Waals surface area contributed by atoms with Crippen LogP contribution in [0.25, 0.3) is 11.1 Å². The number of hydrogen-bond donors (Lipinski definition) is 1. The number of pyridine rings is 1. The zero-order valence-electron chi connectivity index (χ0n) is 22.9. The number of benzene rings is 2. The van der Waals surface area contributed by atoms with Crippen molar-refractivity contribution in [2.75, 3.05) is 23.4 Å². The van der Waals surface area contributed by atoms with Gasteiger partial charge < -0.3 is 14.2 Å². The third-order valence-electron chi connectivity index (χ3n) is 5.94. The number of nitrogens with one attached hydrogen (secondary N) is 1. The van der Waals surface area contributed by atoms with E-state index in [4.69, 9.17) is 25.8 Å². The second-order valence-corrected chi connectivity index (χ2v) is 11.6. The molecule has 1 N–H and O–H groups in total. The summed E-state index contributed by atoms with van der Waals surface area (Å²) in [6, 6.07) is 14.5. The highest BCUT2D eigenvalue weighted by atomic mass is 35.5. The SMILES string of the molecule is Cc1cc(-c2cccc3c2OCCN3C(=O)OC(C)(C)C)c(C(=O)Nc2nnc(OCc3ccc(Cl)cc3)s2)cn1. The van der Waals surface area contributed by atoms with Crippen LogP contribution in [0, 0.1) is 6.92 Å². The van der Waals surface area contributed by atoms with Crippen LogP contribution in [0.5, 0.6) is 10.9 Å². The summed E-state index contributed by atoms with van der Waals surface area (Å²) in [5, 5.41) is 12.1. The third-order valence-corrected chi connectivity index (χ3v) is 6.94. The number of carbonyl (C=O) groups is 2. The largest absolute Gasteiger partial charge is 0.489 e. The number of halogens is 1. The first-order valence-corrected chi connectivity index (χ1v) is 14.0. The number of anilines is 2. The molecule has 0 unspecified atom stereocenters. The number of carbonyl (C=O) groups excluding carboxylic acids is 2. The van der Waals surface area contributed by atoms with Crippen LogP contribution in [-0.4, -0.2) is 45.9 Å². The number of hydrogen-bond acceptors (Lipinski definition) is 9. The lowest BCUT2D eigenvalue weighted by Crippen LogP contribution is -2.41. The van der Waals surface area contributed by atoms with E-state index in [1.165, 1.54) is 6.20 Å². The normalized spacial score (nSPS) is 12.8. The summed E-state index contributed by atoms with van der Waals surface area (Å²) >= 11 is 7.04. The summed E-state index contributed by atoms with van der Waals surface area (Å²) in [5.74, 6) is 0.0587. The number of aromatic nitrogens is 3. The molecule has 1 aliphatic rings. The number of rotatable bonds is 6. The van der Waals surface area contributed by atoms with E-state index in [1.807, 2.05) is 52.0 Å². The minimum Gasteiger partial charge on any atom is -0.489 e. The molecule has 3 heterocycles. The fourth-order valence-electron chi connectivity index (χ4n) is 4.14. The average molecular weight is 594 g/mol. The van der Waals surface area contributed by atoms with Crippen LogP contribution in [0.2, 0.25) is 5.02 Å². The van der Waals surface area contributed by atoms with Crippen LogP contribution in [-0.2, 0) is 11.3 Å². The van der Waals surface area contributed by atoms with Crippen molar-refractivity contribution < 1.29 is 23.8 Å². The second-order valence-electron chi connectivity index (χ2n) is 10.2. The van der Waals surface area contributed by atoms with Gasteiger partial charge in [0.25, 0.3) is 11.1 Å². The van der Waals surface area contributed by atoms with Gasteiger partial charge in [-0.1, -0.05) is 41.0 Å². The maximum Gasteiger partial charge on any atom is 0.415 e. The lowest BCUT2D eigenvalue weighted by atomic mass is 9.97. The predicted octanol–water partition coefficient (Wildman–Crippen LogP) is 6.53. The summed E-state index contributed by atoms with van der Waals surface area (Å²) in [6.07, 6.45) is 1.04. The first-order valence-electron chi connectivity index (χ1n) is 12.8. The van der Waals surface area contributed by atoms with Crippen LogP contribution in [0.3, 0.4) is 0 Å². The summed E-state index contributed by atoms with van der Waals surface area (Å²) in [4.78, 5) is 32.3. The van der Waals surface area contributed by atoms with Crippen LogP contribution in [0.4, 0.5) is 15.6 Å². The van der Waals surface area contributed by atoms with Gasteiger partial charge in [-0.05, 0) is 68.9 Å². The molecule has 0 radical (unpaired) electrons. The van der Waals surface area contributed by atoms with E-state index in [1.54, 1.807) is 29.2 Å². The van der Waals surface area contributed by atoms with Gasteiger partial charge in [0.1, 0.15) is 18.8 Å². The number of nitrogens with zero attached hydrogens (tertiary/aromatic N) is 4.